The van der Waals surface area contributed by atoms with Crippen LogP contribution in [-0.4, -0.2) is 28.7 Å². The molecule has 1 aromatic carbocycles. The van der Waals surface area contributed by atoms with E-state index in [1.807, 2.05) is 11.8 Å². The number of hydrogen-bond acceptors (Lipinski definition) is 2. The molecule has 0 spiro atoms. The molecule has 1 heterocycles. The van der Waals surface area contributed by atoms with E-state index in [2.05, 4.69) is 0 Å². The lowest BCUT2D eigenvalue weighted by Gasteiger charge is -2.46. The quantitative estimate of drug-likeness (QED) is 0.882. The third-order valence-corrected chi connectivity index (χ3v) is 3.34. The van der Waals surface area contributed by atoms with Crippen molar-refractivity contribution in [1.29, 1.82) is 0 Å². The van der Waals surface area contributed by atoms with Crippen LogP contribution in [0.1, 0.15) is 18.9 Å². The van der Waals surface area contributed by atoms with Gasteiger partial charge in [-0.25, -0.2) is 4.39 Å². The minimum atomic E-state index is -0.567. The molecule has 0 aromatic heterocycles. The Morgan fingerprint density at radius 3 is 2.75 bits per heavy atom. The summed E-state index contributed by atoms with van der Waals surface area (Å²) in [6.45, 7) is 3.72. The predicted octanol–water partition coefficient (Wildman–Crippen LogP) is 2.44. The second-order valence-electron chi connectivity index (χ2n) is 4.46. The summed E-state index contributed by atoms with van der Waals surface area (Å²) in [5.41, 5.74) is 0.0608. The molecular formula is C12H15ClFNO. The number of rotatable bonds is 3. The molecule has 0 bridgehead atoms. The van der Waals surface area contributed by atoms with Crippen molar-refractivity contribution in [3.63, 3.8) is 0 Å². The Balaban J connectivity index is 1.96. The summed E-state index contributed by atoms with van der Waals surface area (Å²) >= 11 is 5.68. The Morgan fingerprint density at radius 1 is 1.50 bits per heavy atom. The topological polar surface area (TPSA) is 23.5 Å². The maximum Gasteiger partial charge on any atom is 0.129 e. The fraction of sp³-hybridized carbons (Fsp3) is 0.500. The van der Waals surface area contributed by atoms with Gasteiger partial charge in [0.25, 0.3) is 0 Å². The van der Waals surface area contributed by atoms with Gasteiger partial charge in [0.05, 0.1) is 5.60 Å². The molecule has 0 radical (unpaired) electrons. The van der Waals surface area contributed by atoms with Crippen molar-refractivity contribution in [2.24, 2.45) is 0 Å². The SMILES string of the molecule is CCC1(O)CN(Cc2ccc(Cl)cc2F)C1. The lowest BCUT2D eigenvalue weighted by atomic mass is 9.91. The van der Waals surface area contributed by atoms with Crippen molar-refractivity contribution in [3.8, 4) is 0 Å². The molecule has 0 unspecified atom stereocenters. The molecule has 0 atom stereocenters. The van der Waals surface area contributed by atoms with Gasteiger partial charge in [-0.3, -0.25) is 4.90 Å². The van der Waals surface area contributed by atoms with Gasteiger partial charge in [-0.1, -0.05) is 24.6 Å². The molecule has 1 N–H and O–H groups in total. The predicted molar refractivity (Wildman–Crippen MR) is 61.9 cm³/mol. The largest absolute Gasteiger partial charge is 0.387 e. The standard InChI is InChI=1S/C12H15ClFNO/c1-2-12(16)7-15(8-12)6-9-3-4-10(13)5-11(9)14/h3-5,16H,2,6-8H2,1H3. The molecule has 2 rings (SSSR count). The molecule has 0 saturated carbocycles. The Hall–Kier alpha value is -0.640. The summed E-state index contributed by atoms with van der Waals surface area (Å²) in [5.74, 6) is -0.278. The number of hydrogen-bond donors (Lipinski definition) is 1. The highest BCUT2D eigenvalue weighted by molar-refractivity contribution is 6.30. The third kappa shape index (κ3) is 2.37. The average Bonchev–Trinajstić information content (AvgIpc) is 2.19. The fourth-order valence-corrected chi connectivity index (χ4v) is 2.17. The summed E-state index contributed by atoms with van der Waals surface area (Å²) in [4.78, 5) is 2.02. The van der Waals surface area contributed by atoms with E-state index >= 15 is 0 Å². The molecule has 1 saturated heterocycles. The van der Waals surface area contributed by atoms with Gasteiger partial charge in [-0.2, -0.15) is 0 Å². The Morgan fingerprint density at radius 2 is 2.19 bits per heavy atom. The molecular weight excluding hydrogens is 229 g/mol. The number of halogens is 2. The van der Waals surface area contributed by atoms with E-state index in [1.165, 1.54) is 6.07 Å². The fourth-order valence-electron chi connectivity index (χ4n) is 2.01. The molecule has 4 heteroatoms. The van der Waals surface area contributed by atoms with Crippen molar-refractivity contribution in [2.45, 2.75) is 25.5 Å². The Bertz CT molecular complexity index is 391. The van der Waals surface area contributed by atoms with Gasteiger partial charge in [-0.15, -0.1) is 0 Å². The van der Waals surface area contributed by atoms with Crippen LogP contribution in [-0.2, 0) is 6.54 Å². The molecule has 16 heavy (non-hydrogen) atoms. The lowest BCUT2D eigenvalue weighted by molar-refractivity contribution is -0.103. The molecule has 1 fully saturated rings. The zero-order chi connectivity index (χ0) is 11.8. The smallest absolute Gasteiger partial charge is 0.129 e. The summed E-state index contributed by atoms with van der Waals surface area (Å²) in [6.07, 6.45) is 0.743. The van der Waals surface area contributed by atoms with Crippen molar-refractivity contribution in [1.82, 2.24) is 4.90 Å². The van der Waals surface area contributed by atoms with Gasteiger partial charge in [0.15, 0.2) is 0 Å². The van der Waals surface area contributed by atoms with Crippen molar-refractivity contribution >= 4 is 11.6 Å². The first-order chi connectivity index (χ1) is 7.52. The number of aliphatic hydroxyl groups is 1. The molecule has 0 amide bonds. The first-order valence-electron chi connectivity index (χ1n) is 5.41. The minimum Gasteiger partial charge on any atom is -0.387 e. The van der Waals surface area contributed by atoms with E-state index < -0.39 is 5.60 Å². The van der Waals surface area contributed by atoms with Gasteiger partial charge < -0.3 is 5.11 Å². The Kier molecular flexibility index (Phi) is 3.19. The molecule has 0 aliphatic carbocycles. The lowest BCUT2D eigenvalue weighted by Crippen LogP contribution is -2.60. The van der Waals surface area contributed by atoms with Crippen LogP contribution in [0.2, 0.25) is 5.02 Å². The van der Waals surface area contributed by atoms with Crippen molar-refractivity contribution < 1.29 is 9.50 Å². The van der Waals surface area contributed by atoms with E-state index in [-0.39, 0.29) is 5.82 Å². The van der Waals surface area contributed by atoms with Gasteiger partial charge in [0.1, 0.15) is 5.82 Å². The molecule has 1 aliphatic heterocycles. The summed E-state index contributed by atoms with van der Waals surface area (Å²) in [5, 5.41) is 10.2. The Labute approximate surface area is 99.6 Å². The number of β-amino-alcohol motifs (C(OH)–C–C–N with tert-alkyl or cyclic N) is 1. The average molecular weight is 244 g/mol. The van der Waals surface area contributed by atoms with Crippen LogP contribution in [0, 0.1) is 5.82 Å². The monoisotopic (exact) mass is 243 g/mol. The van der Waals surface area contributed by atoms with Gasteiger partial charge in [0, 0.05) is 30.2 Å². The number of nitrogens with zero attached hydrogens (tertiary/aromatic N) is 1. The van der Waals surface area contributed by atoms with E-state index in [0.29, 0.717) is 30.2 Å². The van der Waals surface area contributed by atoms with Crippen molar-refractivity contribution in [3.05, 3.63) is 34.6 Å². The molecule has 2 nitrogen and oxygen atoms in total. The highest BCUT2D eigenvalue weighted by Gasteiger charge is 2.39. The van der Waals surface area contributed by atoms with E-state index in [1.54, 1.807) is 12.1 Å². The zero-order valence-corrected chi connectivity index (χ0v) is 9.97. The first-order valence-corrected chi connectivity index (χ1v) is 5.79. The van der Waals surface area contributed by atoms with Crippen LogP contribution in [0.15, 0.2) is 18.2 Å². The van der Waals surface area contributed by atoms with Crippen LogP contribution >= 0.6 is 11.6 Å². The first kappa shape index (κ1) is 11.8. The van der Waals surface area contributed by atoms with Gasteiger partial charge >= 0.3 is 0 Å². The highest BCUT2D eigenvalue weighted by Crippen LogP contribution is 2.26. The molecule has 1 aliphatic rings. The summed E-state index contributed by atoms with van der Waals surface area (Å²) < 4.78 is 13.5. The zero-order valence-electron chi connectivity index (χ0n) is 9.21. The minimum absolute atomic E-state index is 0.278. The third-order valence-electron chi connectivity index (χ3n) is 3.10. The maximum absolute atomic E-state index is 13.5. The highest BCUT2D eigenvalue weighted by atomic mass is 35.5. The van der Waals surface area contributed by atoms with Gasteiger partial charge in [-0.05, 0) is 18.6 Å². The molecule has 88 valence electrons. The van der Waals surface area contributed by atoms with Gasteiger partial charge in [0.2, 0.25) is 0 Å². The summed E-state index contributed by atoms with van der Waals surface area (Å²) in [7, 11) is 0. The van der Waals surface area contributed by atoms with Crippen LogP contribution in [0.4, 0.5) is 4.39 Å². The number of likely N-dealkylation sites (tertiary alicyclic amines) is 1. The second kappa shape index (κ2) is 4.32. The van der Waals surface area contributed by atoms with E-state index in [4.69, 9.17) is 11.6 Å². The molecule has 1 aromatic rings. The normalized spacial score (nSPS) is 19.5. The number of benzene rings is 1. The van der Waals surface area contributed by atoms with Crippen LogP contribution in [0.3, 0.4) is 0 Å². The van der Waals surface area contributed by atoms with E-state index in [9.17, 15) is 9.50 Å². The van der Waals surface area contributed by atoms with Crippen molar-refractivity contribution in [2.75, 3.05) is 13.1 Å². The maximum atomic E-state index is 13.5. The van der Waals surface area contributed by atoms with Crippen LogP contribution in [0.25, 0.3) is 0 Å². The summed E-state index contributed by atoms with van der Waals surface area (Å²) in [6, 6.07) is 4.70. The van der Waals surface area contributed by atoms with Crippen LogP contribution in [0.5, 0.6) is 0 Å². The second-order valence-corrected chi connectivity index (χ2v) is 4.90. The van der Waals surface area contributed by atoms with Crippen LogP contribution < -0.4 is 0 Å². The van der Waals surface area contributed by atoms with E-state index in [0.717, 1.165) is 6.42 Å².